The summed E-state index contributed by atoms with van der Waals surface area (Å²) in [5, 5.41) is 14.1. The van der Waals surface area contributed by atoms with Crippen molar-refractivity contribution in [1.82, 2.24) is 10.2 Å². The highest BCUT2D eigenvalue weighted by molar-refractivity contribution is 7.99. The molecule has 0 radical (unpaired) electrons. The van der Waals surface area contributed by atoms with Crippen LogP contribution in [0.1, 0.15) is 15.9 Å². The summed E-state index contributed by atoms with van der Waals surface area (Å²) in [6.45, 7) is 1.96. The average molecular weight is 439 g/mol. The van der Waals surface area contributed by atoms with Crippen LogP contribution in [0.5, 0.6) is 11.5 Å². The van der Waals surface area contributed by atoms with Crippen LogP contribution in [0, 0.1) is 6.92 Å². The van der Waals surface area contributed by atoms with Gasteiger partial charge in [-0.2, -0.15) is 0 Å². The van der Waals surface area contributed by atoms with Gasteiger partial charge < -0.3 is 20.1 Å². The van der Waals surface area contributed by atoms with Crippen molar-refractivity contribution in [3.8, 4) is 11.5 Å². The summed E-state index contributed by atoms with van der Waals surface area (Å²) < 4.78 is 10.4. The molecule has 0 spiro atoms. The van der Waals surface area contributed by atoms with Gasteiger partial charge in [0.25, 0.3) is 5.91 Å². The number of aryl methyl sites for hydroxylation is 1. The van der Waals surface area contributed by atoms with Crippen LogP contribution in [0.4, 0.5) is 11.5 Å². The molecule has 1 heterocycles. The SMILES string of the molecule is COc1ccc(NC(=O)CSc2ccc(NC(=O)c3ccc(C)cc3)nn2)c(OC)c1. The first-order valence-corrected chi connectivity index (χ1v) is 10.3. The molecule has 0 saturated heterocycles. The van der Waals surface area contributed by atoms with E-state index >= 15 is 0 Å². The average Bonchev–Trinajstić information content (AvgIpc) is 2.79. The number of carbonyl (C=O) groups is 2. The Labute approximate surface area is 184 Å². The molecule has 0 unspecified atom stereocenters. The molecule has 0 aliphatic heterocycles. The Hall–Kier alpha value is -3.59. The second-order valence-corrected chi connectivity index (χ2v) is 7.48. The molecular weight excluding hydrogens is 416 g/mol. The minimum absolute atomic E-state index is 0.138. The van der Waals surface area contributed by atoms with E-state index in [4.69, 9.17) is 9.47 Å². The van der Waals surface area contributed by atoms with Gasteiger partial charge in [-0.05, 0) is 43.3 Å². The zero-order valence-corrected chi connectivity index (χ0v) is 18.2. The Kier molecular flexibility index (Phi) is 7.45. The van der Waals surface area contributed by atoms with E-state index < -0.39 is 0 Å². The van der Waals surface area contributed by atoms with Crippen molar-refractivity contribution in [1.29, 1.82) is 0 Å². The smallest absolute Gasteiger partial charge is 0.256 e. The van der Waals surface area contributed by atoms with Crippen molar-refractivity contribution in [3.63, 3.8) is 0 Å². The van der Waals surface area contributed by atoms with Gasteiger partial charge in [0.2, 0.25) is 5.91 Å². The molecule has 2 aromatic carbocycles. The molecule has 31 heavy (non-hydrogen) atoms. The monoisotopic (exact) mass is 438 g/mol. The van der Waals surface area contributed by atoms with Gasteiger partial charge in [0.05, 0.1) is 25.7 Å². The second-order valence-electron chi connectivity index (χ2n) is 6.48. The lowest BCUT2D eigenvalue weighted by molar-refractivity contribution is -0.113. The standard InChI is InChI=1S/C22H22N4O4S/c1-14-4-6-15(7-5-14)22(28)24-19-10-11-21(26-25-19)31-13-20(27)23-17-9-8-16(29-2)12-18(17)30-3/h4-12H,13H2,1-3H3,(H,23,27)(H,24,25,28). The minimum atomic E-state index is -0.262. The van der Waals surface area contributed by atoms with E-state index in [1.54, 1.807) is 49.6 Å². The van der Waals surface area contributed by atoms with Gasteiger partial charge in [-0.15, -0.1) is 10.2 Å². The number of carbonyl (C=O) groups excluding carboxylic acids is 2. The number of benzene rings is 2. The lowest BCUT2D eigenvalue weighted by Gasteiger charge is -2.11. The van der Waals surface area contributed by atoms with Crippen LogP contribution in [0.3, 0.4) is 0 Å². The first-order valence-electron chi connectivity index (χ1n) is 9.35. The number of thioether (sulfide) groups is 1. The molecule has 0 aliphatic carbocycles. The number of ether oxygens (including phenoxy) is 2. The quantitative estimate of drug-likeness (QED) is 0.516. The summed E-state index contributed by atoms with van der Waals surface area (Å²) in [5.41, 5.74) is 2.16. The molecule has 0 bridgehead atoms. The number of hydrogen-bond donors (Lipinski definition) is 2. The van der Waals surface area contributed by atoms with Crippen LogP contribution in [-0.4, -0.2) is 42.0 Å². The molecule has 0 saturated carbocycles. The number of aromatic nitrogens is 2. The zero-order chi connectivity index (χ0) is 22.2. The van der Waals surface area contributed by atoms with Crippen molar-refractivity contribution in [2.24, 2.45) is 0 Å². The first-order chi connectivity index (χ1) is 15.0. The van der Waals surface area contributed by atoms with Crippen LogP contribution >= 0.6 is 11.8 Å². The summed E-state index contributed by atoms with van der Waals surface area (Å²) in [6.07, 6.45) is 0. The van der Waals surface area contributed by atoms with E-state index in [1.165, 1.54) is 18.9 Å². The maximum absolute atomic E-state index is 12.3. The van der Waals surface area contributed by atoms with Crippen molar-refractivity contribution < 1.29 is 19.1 Å². The molecule has 0 aliphatic rings. The van der Waals surface area contributed by atoms with E-state index in [0.29, 0.717) is 33.6 Å². The molecule has 0 atom stereocenters. The largest absolute Gasteiger partial charge is 0.497 e. The van der Waals surface area contributed by atoms with Crippen molar-refractivity contribution in [2.75, 3.05) is 30.6 Å². The van der Waals surface area contributed by atoms with Gasteiger partial charge in [-0.1, -0.05) is 29.5 Å². The number of nitrogens with zero attached hydrogens (tertiary/aromatic N) is 2. The van der Waals surface area contributed by atoms with E-state index in [-0.39, 0.29) is 17.6 Å². The van der Waals surface area contributed by atoms with Crippen LogP contribution < -0.4 is 20.1 Å². The molecule has 8 nitrogen and oxygen atoms in total. The number of anilines is 2. The summed E-state index contributed by atoms with van der Waals surface area (Å²) in [4.78, 5) is 24.5. The number of methoxy groups -OCH3 is 2. The third-order valence-electron chi connectivity index (χ3n) is 4.23. The highest BCUT2D eigenvalue weighted by atomic mass is 32.2. The Balaban J connectivity index is 1.52. The van der Waals surface area contributed by atoms with Crippen LogP contribution in [-0.2, 0) is 4.79 Å². The van der Waals surface area contributed by atoms with Crippen molar-refractivity contribution in [3.05, 3.63) is 65.7 Å². The lowest BCUT2D eigenvalue weighted by Crippen LogP contribution is -2.15. The predicted molar refractivity (Wildman–Crippen MR) is 120 cm³/mol. The maximum Gasteiger partial charge on any atom is 0.256 e. The van der Waals surface area contributed by atoms with Crippen LogP contribution in [0.2, 0.25) is 0 Å². The summed E-state index contributed by atoms with van der Waals surface area (Å²) >= 11 is 1.23. The van der Waals surface area contributed by atoms with E-state index in [1.807, 2.05) is 19.1 Å². The number of hydrogen-bond acceptors (Lipinski definition) is 7. The zero-order valence-electron chi connectivity index (χ0n) is 17.3. The molecule has 2 N–H and O–H groups in total. The fourth-order valence-electron chi connectivity index (χ4n) is 2.58. The summed E-state index contributed by atoms with van der Waals surface area (Å²) in [7, 11) is 3.08. The minimum Gasteiger partial charge on any atom is -0.497 e. The van der Waals surface area contributed by atoms with Crippen LogP contribution in [0.25, 0.3) is 0 Å². The molecule has 9 heteroatoms. The molecule has 160 valence electrons. The number of amides is 2. The van der Waals surface area contributed by atoms with Gasteiger partial charge >= 0.3 is 0 Å². The van der Waals surface area contributed by atoms with Crippen molar-refractivity contribution in [2.45, 2.75) is 11.9 Å². The Morgan fingerprint density at radius 3 is 2.35 bits per heavy atom. The van der Waals surface area contributed by atoms with E-state index in [2.05, 4.69) is 20.8 Å². The third kappa shape index (κ3) is 6.19. The Morgan fingerprint density at radius 2 is 1.71 bits per heavy atom. The molecule has 2 amide bonds. The predicted octanol–water partition coefficient (Wildman–Crippen LogP) is 3.79. The second kappa shape index (κ2) is 10.4. The lowest BCUT2D eigenvalue weighted by atomic mass is 10.1. The van der Waals surface area contributed by atoms with Gasteiger partial charge in [0, 0.05) is 11.6 Å². The summed E-state index contributed by atoms with van der Waals surface area (Å²) in [5.74, 6) is 1.14. The fourth-order valence-corrected chi connectivity index (χ4v) is 3.20. The van der Waals surface area contributed by atoms with Gasteiger partial charge in [0.15, 0.2) is 5.82 Å². The normalized spacial score (nSPS) is 10.3. The van der Waals surface area contributed by atoms with Crippen LogP contribution in [0.15, 0.2) is 59.6 Å². The first kappa shape index (κ1) is 22.1. The molecule has 1 aromatic heterocycles. The Morgan fingerprint density at radius 1 is 0.935 bits per heavy atom. The van der Waals surface area contributed by atoms with Gasteiger partial charge in [0.1, 0.15) is 16.5 Å². The Bertz CT molecular complexity index is 1060. The highest BCUT2D eigenvalue weighted by Crippen LogP contribution is 2.29. The van der Waals surface area contributed by atoms with Gasteiger partial charge in [-0.25, -0.2) is 0 Å². The highest BCUT2D eigenvalue weighted by Gasteiger charge is 2.11. The van der Waals surface area contributed by atoms with E-state index in [0.717, 1.165) is 5.56 Å². The molecule has 3 aromatic rings. The van der Waals surface area contributed by atoms with Gasteiger partial charge in [-0.3, -0.25) is 9.59 Å². The molecule has 3 rings (SSSR count). The van der Waals surface area contributed by atoms with E-state index in [9.17, 15) is 9.59 Å². The summed E-state index contributed by atoms with van der Waals surface area (Å²) in [6, 6.07) is 15.7. The third-order valence-corrected chi connectivity index (χ3v) is 5.15. The topological polar surface area (TPSA) is 102 Å². The number of rotatable bonds is 8. The van der Waals surface area contributed by atoms with Crippen molar-refractivity contribution >= 4 is 35.1 Å². The maximum atomic E-state index is 12.3. The fraction of sp³-hybridized carbons (Fsp3) is 0.182. The number of nitrogens with one attached hydrogen (secondary N) is 2. The molecular formula is C22H22N4O4S. The molecule has 0 fully saturated rings.